The number of thiazole rings is 1. The van der Waals surface area contributed by atoms with E-state index in [0.717, 1.165) is 28.0 Å². The van der Waals surface area contributed by atoms with Gasteiger partial charge in [-0.1, -0.05) is 43.3 Å². The summed E-state index contributed by atoms with van der Waals surface area (Å²) >= 11 is 1.59. The second-order valence-corrected chi connectivity index (χ2v) is 11.2. The Labute approximate surface area is 232 Å². The molecule has 0 aliphatic carbocycles. The van der Waals surface area contributed by atoms with Crippen LogP contribution in [0.5, 0.6) is 0 Å². The number of nitrogens with zero attached hydrogens (tertiary/aromatic N) is 4. The van der Waals surface area contributed by atoms with Gasteiger partial charge >= 0.3 is 0 Å². The number of aryl methyl sites for hydroxylation is 1. The van der Waals surface area contributed by atoms with Crippen molar-refractivity contribution in [1.82, 2.24) is 20.4 Å². The van der Waals surface area contributed by atoms with Crippen LogP contribution >= 0.6 is 11.3 Å². The number of rotatable bonds is 10. The number of hydrogen-bond donors (Lipinski definition) is 2. The molecule has 10 nitrogen and oxygen atoms in total. The largest absolute Gasteiger partial charge is 0.391 e. The van der Waals surface area contributed by atoms with Gasteiger partial charge in [0.25, 0.3) is 0 Å². The third kappa shape index (κ3) is 6.20. The zero-order chi connectivity index (χ0) is 28.3. The van der Waals surface area contributed by atoms with Crippen molar-refractivity contribution in [2.45, 2.75) is 58.2 Å². The Bertz CT molecular complexity index is 1300. The quantitative estimate of drug-likeness (QED) is 0.366. The Morgan fingerprint density at radius 1 is 1.28 bits per heavy atom. The maximum atomic E-state index is 13.8. The van der Waals surface area contributed by atoms with Crippen LogP contribution in [0.4, 0.5) is 5.82 Å². The van der Waals surface area contributed by atoms with E-state index in [1.54, 1.807) is 29.4 Å². The highest BCUT2D eigenvalue weighted by Gasteiger charge is 2.43. The summed E-state index contributed by atoms with van der Waals surface area (Å²) in [6, 6.07) is 8.52. The van der Waals surface area contributed by atoms with Crippen LogP contribution in [-0.4, -0.2) is 70.5 Å². The number of anilines is 1. The summed E-state index contributed by atoms with van der Waals surface area (Å²) in [5.41, 5.74) is 4.80. The van der Waals surface area contributed by atoms with Gasteiger partial charge in [0.05, 0.1) is 34.8 Å². The lowest BCUT2D eigenvalue weighted by molar-refractivity contribution is -0.141. The number of likely N-dealkylation sites (N-methyl/N-ethyl adjacent to an activating group) is 1. The third-order valence-corrected chi connectivity index (χ3v) is 8.11. The summed E-state index contributed by atoms with van der Waals surface area (Å²) < 4.78 is 5.50. The van der Waals surface area contributed by atoms with E-state index in [2.05, 4.69) is 15.5 Å². The molecule has 208 valence electrons. The normalized spacial score (nSPS) is 18.7. The van der Waals surface area contributed by atoms with Crippen molar-refractivity contribution in [3.63, 3.8) is 0 Å². The highest BCUT2D eigenvalue weighted by atomic mass is 32.1. The van der Waals surface area contributed by atoms with Crippen molar-refractivity contribution < 1.29 is 24.0 Å². The molecule has 1 aliphatic heterocycles. The van der Waals surface area contributed by atoms with Gasteiger partial charge in [0.15, 0.2) is 11.6 Å². The smallest absolute Gasteiger partial charge is 0.243 e. The number of aldehydes is 1. The van der Waals surface area contributed by atoms with E-state index in [9.17, 15) is 19.5 Å². The molecule has 2 aromatic heterocycles. The number of amides is 2. The first-order valence-corrected chi connectivity index (χ1v) is 13.9. The SMILES string of the molecule is Cc1ncsc1-c1ccc([C@H](C)NC(=O)[C@@H]2C[C@@H](O)CN2C(=O)C(c2cc(N(C)CC=O)no2)C(C)C)cc1. The molecule has 1 fully saturated rings. The summed E-state index contributed by atoms with van der Waals surface area (Å²) in [6.45, 7) is 7.85. The van der Waals surface area contributed by atoms with Crippen molar-refractivity contribution in [1.29, 1.82) is 0 Å². The molecule has 1 unspecified atom stereocenters. The fraction of sp³-hybridized carbons (Fsp3) is 0.464. The molecule has 0 saturated carbocycles. The van der Waals surface area contributed by atoms with Crippen LogP contribution in [0, 0.1) is 12.8 Å². The Balaban J connectivity index is 1.48. The molecular formula is C28H35N5O5S. The van der Waals surface area contributed by atoms with Gasteiger partial charge < -0.3 is 29.5 Å². The van der Waals surface area contributed by atoms with Crippen molar-refractivity contribution in [2.75, 3.05) is 25.0 Å². The summed E-state index contributed by atoms with van der Waals surface area (Å²) in [7, 11) is 1.70. The highest BCUT2D eigenvalue weighted by Crippen LogP contribution is 2.33. The molecule has 1 aliphatic rings. The van der Waals surface area contributed by atoms with E-state index in [4.69, 9.17) is 4.52 Å². The molecule has 0 radical (unpaired) electrons. The molecule has 2 amide bonds. The number of aromatic nitrogens is 2. The molecule has 4 rings (SSSR count). The van der Waals surface area contributed by atoms with Gasteiger partial charge in [-0.05, 0) is 30.9 Å². The number of carbonyl (C=O) groups is 3. The number of likely N-dealkylation sites (tertiary alicyclic amines) is 1. The van der Waals surface area contributed by atoms with Gasteiger partial charge in [-0.25, -0.2) is 4.98 Å². The predicted octanol–water partition coefficient (Wildman–Crippen LogP) is 3.32. The molecule has 2 N–H and O–H groups in total. The first-order valence-electron chi connectivity index (χ1n) is 13.0. The Kier molecular flexibility index (Phi) is 8.81. The van der Waals surface area contributed by atoms with Crippen molar-refractivity contribution >= 4 is 35.3 Å². The molecule has 3 aromatic rings. The predicted molar refractivity (Wildman–Crippen MR) is 148 cm³/mol. The average Bonchev–Trinajstić information content (AvgIpc) is 3.64. The van der Waals surface area contributed by atoms with Gasteiger partial charge in [0.2, 0.25) is 11.8 Å². The molecule has 4 atom stereocenters. The zero-order valence-corrected chi connectivity index (χ0v) is 23.6. The number of β-amino-alcohol motifs (C(OH)–C–C–N with tert-alkyl or cyclic N) is 1. The van der Waals surface area contributed by atoms with Gasteiger partial charge in [0.1, 0.15) is 18.2 Å². The fourth-order valence-corrected chi connectivity index (χ4v) is 5.74. The van der Waals surface area contributed by atoms with Gasteiger partial charge in [-0.2, -0.15) is 0 Å². The Morgan fingerprint density at radius 3 is 2.62 bits per heavy atom. The fourth-order valence-electron chi connectivity index (χ4n) is 4.93. The average molecular weight is 554 g/mol. The summed E-state index contributed by atoms with van der Waals surface area (Å²) in [6.07, 6.45) is 0.104. The number of carbonyl (C=O) groups excluding carboxylic acids is 3. The Morgan fingerprint density at radius 2 is 2.00 bits per heavy atom. The van der Waals surface area contributed by atoms with E-state index in [1.807, 2.05) is 57.5 Å². The molecule has 11 heteroatoms. The number of aliphatic hydroxyl groups excluding tert-OH is 1. The van der Waals surface area contributed by atoms with E-state index in [-0.39, 0.29) is 43.3 Å². The summed E-state index contributed by atoms with van der Waals surface area (Å²) in [4.78, 5) is 46.5. The summed E-state index contributed by atoms with van der Waals surface area (Å²) in [5.74, 6) is -0.683. The number of benzene rings is 1. The van der Waals surface area contributed by atoms with Crippen molar-refractivity contribution in [3.05, 3.63) is 52.9 Å². The van der Waals surface area contributed by atoms with E-state index in [1.165, 1.54) is 4.90 Å². The first kappa shape index (κ1) is 28.4. The van der Waals surface area contributed by atoms with E-state index in [0.29, 0.717) is 11.6 Å². The van der Waals surface area contributed by atoms with E-state index >= 15 is 0 Å². The van der Waals surface area contributed by atoms with Crippen LogP contribution in [0.3, 0.4) is 0 Å². The third-order valence-electron chi connectivity index (χ3n) is 7.14. The second kappa shape index (κ2) is 12.1. The Hall–Kier alpha value is -3.57. The second-order valence-electron chi connectivity index (χ2n) is 10.4. The van der Waals surface area contributed by atoms with Crippen molar-refractivity contribution in [2.24, 2.45) is 5.92 Å². The monoisotopic (exact) mass is 553 g/mol. The molecule has 1 saturated heterocycles. The van der Waals surface area contributed by atoms with Crippen LogP contribution in [0.1, 0.15) is 56.2 Å². The van der Waals surface area contributed by atoms with Crippen LogP contribution < -0.4 is 10.2 Å². The lowest BCUT2D eigenvalue weighted by Gasteiger charge is -2.29. The number of aliphatic hydroxyl groups is 1. The molecule has 39 heavy (non-hydrogen) atoms. The minimum atomic E-state index is -0.810. The van der Waals surface area contributed by atoms with Crippen LogP contribution in [0.15, 0.2) is 40.4 Å². The molecule has 0 bridgehead atoms. The van der Waals surface area contributed by atoms with Crippen LogP contribution in [0.25, 0.3) is 10.4 Å². The van der Waals surface area contributed by atoms with Gasteiger partial charge in [0, 0.05) is 26.1 Å². The zero-order valence-electron chi connectivity index (χ0n) is 22.8. The maximum Gasteiger partial charge on any atom is 0.243 e. The standard InChI is InChI=1S/C28H35N5O5S/c1-16(2)25(23-13-24(31-38-23)32(5)10-11-34)28(37)33-14-21(35)12-22(33)27(36)30-17(3)19-6-8-20(9-7-19)26-18(4)29-15-39-26/h6-9,11,13,15-17,21-22,25,35H,10,12,14H2,1-5H3,(H,30,36)/t17-,21+,22-,25?/m0/s1. The van der Waals surface area contributed by atoms with Gasteiger partial charge in [-0.3, -0.25) is 9.59 Å². The lowest BCUT2D eigenvalue weighted by Crippen LogP contribution is -2.48. The topological polar surface area (TPSA) is 129 Å². The molecule has 0 spiro atoms. The number of hydrogen-bond acceptors (Lipinski definition) is 9. The molecule has 1 aromatic carbocycles. The summed E-state index contributed by atoms with van der Waals surface area (Å²) in [5, 5.41) is 17.5. The molecular weight excluding hydrogens is 518 g/mol. The van der Waals surface area contributed by atoms with Crippen molar-refractivity contribution in [3.8, 4) is 10.4 Å². The highest BCUT2D eigenvalue weighted by molar-refractivity contribution is 7.13. The van der Waals surface area contributed by atoms with Crippen LogP contribution in [-0.2, 0) is 14.4 Å². The minimum Gasteiger partial charge on any atom is -0.391 e. The first-order chi connectivity index (χ1) is 18.6. The maximum absolute atomic E-state index is 13.8. The van der Waals surface area contributed by atoms with Crippen LogP contribution in [0.2, 0.25) is 0 Å². The van der Waals surface area contributed by atoms with Gasteiger partial charge in [-0.15, -0.1) is 11.3 Å². The lowest BCUT2D eigenvalue weighted by atomic mass is 9.91. The molecule has 3 heterocycles. The minimum absolute atomic E-state index is 0.0590. The number of nitrogens with one attached hydrogen (secondary N) is 1. The van der Waals surface area contributed by atoms with E-state index < -0.39 is 18.1 Å².